The van der Waals surface area contributed by atoms with E-state index in [1.165, 1.54) is 19.3 Å². The van der Waals surface area contributed by atoms with Crippen LogP contribution in [-0.2, 0) is 4.79 Å². The van der Waals surface area contributed by atoms with Crippen molar-refractivity contribution in [3.63, 3.8) is 0 Å². The zero-order valence-corrected chi connectivity index (χ0v) is 10.9. The summed E-state index contributed by atoms with van der Waals surface area (Å²) < 4.78 is 0. The van der Waals surface area contributed by atoms with Crippen LogP contribution >= 0.6 is 0 Å². The third-order valence-electron chi connectivity index (χ3n) is 5.17. The molecule has 3 nitrogen and oxygen atoms in total. The summed E-state index contributed by atoms with van der Waals surface area (Å²) in [5.74, 6) is 1.16. The van der Waals surface area contributed by atoms with Crippen molar-refractivity contribution in [2.45, 2.75) is 51.5 Å². The van der Waals surface area contributed by atoms with Crippen LogP contribution in [0.4, 0.5) is 0 Å². The molecule has 0 radical (unpaired) electrons. The van der Waals surface area contributed by atoms with E-state index in [0.29, 0.717) is 11.9 Å². The molecule has 2 heterocycles. The lowest BCUT2D eigenvalue weighted by molar-refractivity contribution is -0.143. The number of carbonyl (C=O) groups is 1. The van der Waals surface area contributed by atoms with Crippen LogP contribution in [-0.4, -0.2) is 36.5 Å². The van der Waals surface area contributed by atoms with E-state index in [-0.39, 0.29) is 5.41 Å². The molecule has 0 aromatic carbocycles. The first-order chi connectivity index (χ1) is 8.19. The Labute approximate surface area is 104 Å². The van der Waals surface area contributed by atoms with Crippen molar-refractivity contribution in [1.82, 2.24) is 10.2 Å². The van der Waals surface area contributed by atoms with Gasteiger partial charge in [0.05, 0.1) is 0 Å². The number of likely N-dealkylation sites (tertiary alicyclic amines) is 1. The first-order valence-electron chi connectivity index (χ1n) is 7.22. The maximum absolute atomic E-state index is 12.6. The van der Waals surface area contributed by atoms with Crippen molar-refractivity contribution in [2.24, 2.45) is 11.3 Å². The van der Waals surface area contributed by atoms with Crippen LogP contribution in [0.5, 0.6) is 0 Å². The lowest BCUT2D eigenvalue weighted by atomic mass is 9.85. The number of carbonyl (C=O) groups excluding carboxylic acids is 1. The van der Waals surface area contributed by atoms with Gasteiger partial charge in [0.25, 0.3) is 0 Å². The molecule has 17 heavy (non-hydrogen) atoms. The van der Waals surface area contributed by atoms with E-state index in [0.717, 1.165) is 44.8 Å². The second-order valence-corrected chi connectivity index (χ2v) is 6.42. The van der Waals surface area contributed by atoms with E-state index in [1.54, 1.807) is 0 Å². The summed E-state index contributed by atoms with van der Waals surface area (Å²) in [4.78, 5) is 14.8. The maximum atomic E-state index is 12.6. The van der Waals surface area contributed by atoms with Gasteiger partial charge in [0.15, 0.2) is 0 Å². The molecule has 1 amide bonds. The SMILES string of the molecule is CC1(C(=O)N2CCC3NCCC3C2)CCCC1. The van der Waals surface area contributed by atoms with E-state index in [1.807, 2.05) is 0 Å². The van der Waals surface area contributed by atoms with Crippen molar-refractivity contribution in [3.8, 4) is 0 Å². The first kappa shape index (κ1) is 11.5. The van der Waals surface area contributed by atoms with E-state index in [2.05, 4.69) is 17.1 Å². The lowest BCUT2D eigenvalue weighted by Gasteiger charge is -2.39. The van der Waals surface area contributed by atoms with Gasteiger partial charge < -0.3 is 10.2 Å². The minimum absolute atomic E-state index is 0.0289. The van der Waals surface area contributed by atoms with Gasteiger partial charge in [-0.2, -0.15) is 0 Å². The highest BCUT2D eigenvalue weighted by Crippen LogP contribution is 2.40. The Balaban J connectivity index is 1.66. The van der Waals surface area contributed by atoms with Crippen LogP contribution in [0.15, 0.2) is 0 Å². The summed E-state index contributed by atoms with van der Waals surface area (Å²) in [6.07, 6.45) is 7.11. The van der Waals surface area contributed by atoms with Crippen LogP contribution in [0.3, 0.4) is 0 Å². The van der Waals surface area contributed by atoms with Gasteiger partial charge in [-0.05, 0) is 38.1 Å². The van der Waals surface area contributed by atoms with Gasteiger partial charge in [0.1, 0.15) is 0 Å². The Morgan fingerprint density at radius 3 is 2.82 bits per heavy atom. The Bertz CT molecular complexity index is 309. The molecule has 1 N–H and O–H groups in total. The topological polar surface area (TPSA) is 32.3 Å². The molecule has 2 atom stereocenters. The Morgan fingerprint density at radius 2 is 2.06 bits per heavy atom. The Kier molecular flexibility index (Phi) is 2.89. The molecule has 0 aromatic rings. The fraction of sp³-hybridized carbons (Fsp3) is 0.929. The number of nitrogens with zero attached hydrogens (tertiary/aromatic N) is 1. The van der Waals surface area contributed by atoms with E-state index >= 15 is 0 Å². The zero-order valence-electron chi connectivity index (χ0n) is 10.9. The van der Waals surface area contributed by atoms with Crippen molar-refractivity contribution < 1.29 is 4.79 Å². The third kappa shape index (κ3) is 1.99. The van der Waals surface area contributed by atoms with Gasteiger partial charge in [0.2, 0.25) is 5.91 Å². The molecule has 2 aliphatic heterocycles. The van der Waals surface area contributed by atoms with Crippen molar-refractivity contribution >= 4 is 5.91 Å². The summed E-state index contributed by atoms with van der Waals surface area (Å²) in [5.41, 5.74) is -0.0289. The highest BCUT2D eigenvalue weighted by molar-refractivity contribution is 5.82. The number of amides is 1. The average Bonchev–Trinajstić information content (AvgIpc) is 2.96. The smallest absolute Gasteiger partial charge is 0.228 e. The minimum Gasteiger partial charge on any atom is -0.342 e. The molecule has 0 aromatic heterocycles. The van der Waals surface area contributed by atoms with Gasteiger partial charge >= 0.3 is 0 Å². The monoisotopic (exact) mass is 236 g/mol. The summed E-state index contributed by atoms with van der Waals surface area (Å²) in [6, 6.07) is 0.690. The second kappa shape index (κ2) is 4.27. The predicted molar refractivity (Wildman–Crippen MR) is 67.7 cm³/mol. The molecule has 0 spiro atoms. The number of piperidine rings is 1. The molecule has 96 valence electrons. The van der Waals surface area contributed by atoms with Gasteiger partial charge in [0, 0.05) is 24.5 Å². The first-order valence-corrected chi connectivity index (χ1v) is 7.22. The third-order valence-corrected chi connectivity index (χ3v) is 5.17. The molecule has 0 bridgehead atoms. The van der Waals surface area contributed by atoms with Crippen molar-refractivity contribution in [3.05, 3.63) is 0 Å². The number of rotatable bonds is 1. The zero-order chi connectivity index (χ0) is 11.9. The fourth-order valence-electron chi connectivity index (χ4n) is 3.98. The molecule has 2 saturated heterocycles. The maximum Gasteiger partial charge on any atom is 0.228 e. The van der Waals surface area contributed by atoms with E-state index < -0.39 is 0 Å². The van der Waals surface area contributed by atoms with Crippen LogP contribution in [0.2, 0.25) is 0 Å². The molecular formula is C14H24N2O. The van der Waals surface area contributed by atoms with Crippen LogP contribution < -0.4 is 5.32 Å². The summed E-state index contributed by atoms with van der Waals surface area (Å²) in [5, 5.41) is 3.56. The second-order valence-electron chi connectivity index (χ2n) is 6.42. The standard InChI is InChI=1S/C14H24N2O/c1-14(6-2-3-7-14)13(17)16-9-5-12-11(10-16)4-8-15-12/h11-12,15H,2-10H2,1H3. The molecule has 3 fully saturated rings. The highest BCUT2D eigenvalue weighted by atomic mass is 16.2. The van der Waals surface area contributed by atoms with Gasteiger partial charge in [-0.25, -0.2) is 0 Å². The molecule has 3 rings (SSSR count). The largest absolute Gasteiger partial charge is 0.342 e. The fourth-order valence-corrected chi connectivity index (χ4v) is 3.98. The predicted octanol–water partition coefficient (Wildman–Crippen LogP) is 1.78. The van der Waals surface area contributed by atoms with E-state index in [4.69, 9.17) is 0 Å². The quantitative estimate of drug-likeness (QED) is 0.752. The summed E-state index contributed by atoms with van der Waals surface area (Å²) >= 11 is 0. The Morgan fingerprint density at radius 1 is 1.29 bits per heavy atom. The van der Waals surface area contributed by atoms with Gasteiger partial charge in [-0.3, -0.25) is 4.79 Å². The highest BCUT2D eigenvalue weighted by Gasteiger charge is 2.42. The number of nitrogens with one attached hydrogen (secondary N) is 1. The molecule has 2 unspecified atom stereocenters. The lowest BCUT2D eigenvalue weighted by Crippen LogP contribution is -2.50. The van der Waals surface area contributed by atoms with Crippen LogP contribution in [0.25, 0.3) is 0 Å². The minimum atomic E-state index is -0.0289. The Hall–Kier alpha value is -0.570. The van der Waals surface area contributed by atoms with Crippen molar-refractivity contribution in [2.75, 3.05) is 19.6 Å². The van der Waals surface area contributed by atoms with Crippen molar-refractivity contribution in [1.29, 1.82) is 0 Å². The van der Waals surface area contributed by atoms with Gasteiger partial charge in [-0.15, -0.1) is 0 Å². The normalized spacial score (nSPS) is 35.9. The number of fused-ring (bicyclic) bond motifs is 1. The van der Waals surface area contributed by atoms with Crippen LogP contribution in [0.1, 0.15) is 45.4 Å². The summed E-state index contributed by atoms with van der Waals surface area (Å²) in [7, 11) is 0. The van der Waals surface area contributed by atoms with Gasteiger partial charge in [-0.1, -0.05) is 19.8 Å². The average molecular weight is 236 g/mol. The van der Waals surface area contributed by atoms with Crippen LogP contribution in [0, 0.1) is 11.3 Å². The number of hydrogen-bond acceptors (Lipinski definition) is 2. The molecule has 1 saturated carbocycles. The number of hydrogen-bond donors (Lipinski definition) is 1. The summed E-state index contributed by atoms with van der Waals surface area (Å²) in [6.45, 7) is 5.31. The molecule has 1 aliphatic carbocycles. The molecular weight excluding hydrogens is 212 g/mol. The molecule has 3 aliphatic rings. The van der Waals surface area contributed by atoms with E-state index in [9.17, 15) is 4.79 Å². The molecule has 3 heteroatoms.